The zero-order chi connectivity index (χ0) is 20.2. The van der Waals surface area contributed by atoms with Crippen molar-refractivity contribution >= 4 is 21.6 Å². The number of para-hydroxylation sites is 1. The Bertz CT molecular complexity index is 930. The van der Waals surface area contributed by atoms with Crippen LogP contribution in [0.1, 0.15) is 6.92 Å². The number of rotatable bonds is 7. The number of hydrogen-bond acceptors (Lipinski definition) is 5. The number of ether oxygens (including phenoxy) is 2. The van der Waals surface area contributed by atoms with E-state index in [1.165, 1.54) is 39.3 Å². The Labute approximate surface area is 155 Å². The number of anilines is 1. The lowest BCUT2D eigenvalue weighted by Gasteiger charge is -2.16. The van der Waals surface area contributed by atoms with Gasteiger partial charge in [0.25, 0.3) is 0 Å². The third-order valence-corrected chi connectivity index (χ3v) is 5.14. The van der Waals surface area contributed by atoms with Crippen LogP contribution in [0, 0.1) is 11.6 Å². The maximum atomic E-state index is 13.6. The minimum Gasteiger partial charge on any atom is -0.493 e. The smallest absolute Gasteiger partial charge is 0.242 e. The molecule has 0 fully saturated rings. The van der Waals surface area contributed by atoms with Crippen molar-refractivity contribution in [2.75, 3.05) is 19.5 Å². The third-order valence-electron chi connectivity index (χ3n) is 3.60. The molecule has 2 aromatic rings. The van der Waals surface area contributed by atoms with E-state index in [1.807, 2.05) is 5.32 Å². The second kappa shape index (κ2) is 8.31. The van der Waals surface area contributed by atoms with Crippen LogP contribution in [0.5, 0.6) is 11.5 Å². The lowest BCUT2D eigenvalue weighted by atomic mass is 10.2. The van der Waals surface area contributed by atoms with Gasteiger partial charge in [-0.1, -0.05) is 6.07 Å². The van der Waals surface area contributed by atoms with Crippen LogP contribution in [0.25, 0.3) is 0 Å². The van der Waals surface area contributed by atoms with E-state index >= 15 is 0 Å². The summed E-state index contributed by atoms with van der Waals surface area (Å²) in [6.07, 6.45) is 0. The Morgan fingerprint density at radius 3 is 2.19 bits per heavy atom. The first-order valence-corrected chi connectivity index (χ1v) is 9.17. The molecule has 0 saturated carbocycles. The molecule has 0 spiro atoms. The van der Waals surface area contributed by atoms with Gasteiger partial charge in [-0.3, -0.25) is 4.79 Å². The van der Waals surface area contributed by atoms with Crippen molar-refractivity contribution in [1.82, 2.24) is 4.72 Å². The minimum atomic E-state index is -4.11. The predicted molar refractivity (Wildman–Crippen MR) is 94.3 cm³/mol. The van der Waals surface area contributed by atoms with Gasteiger partial charge in [-0.2, -0.15) is 4.72 Å². The summed E-state index contributed by atoms with van der Waals surface area (Å²) in [6.45, 7) is 1.24. The Hall–Kier alpha value is -2.72. The highest BCUT2D eigenvalue weighted by Gasteiger charge is 2.24. The zero-order valence-electron chi connectivity index (χ0n) is 14.7. The number of nitrogens with one attached hydrogen (secondary N) is 2. The number of sulfonamides is 1. The van der Waals surface area contributed by atoms with Crippen molar-refractivity contribution in [3.63, 3.8) is 0 Å². The summed E-state index contributed by atoms with van der Waals surface area (Å²) in [5.74, 6) is -2.36. The van der Waals surface area contributed by atoms with Gasteiger partial charge in [-0.05, 0) is 31.2 Å². The second-order valence-electron chi connectivity index (χ2n) is 5.45. The van der Waals surface area contributed by atoms with Crippen LogP contribution >= 0.6 is 0 Å². The molecule has 2 N–H and O–H groups in total. The maximum absolute atomic E-state index is 13.6. The van der Waals surface area contributed by atoms with Crippen LogP contribution < -0.4 is 19.5 Å². The van der Waals surface area contributed by atoms with Crippen molar-refractivity contribution in [1.29, 1.82) is 0 Å². The highest BCUT2D eigenvalue weighted by Crippen LogP contribution is 2.29. The monoisotopic (exact) mass is 400 g/mol. The molecule has 146 valence electrons. The molecular weight excluding hydrogens is 382 g/mol. The van der Waals surface area contributed by atoms with E-state index in [4.69, 9.17) is 9.47 Å². The van der Waals surface area contributed by atoms with Crippen molar-refractivity contribution in [3.8, 4) is 11.5 Å². The van der Waals surface area contributed by atoms with Crippen LogP contribution in [-0.2, 0) is 14.8 Å². The van der Waals surface area contributed by atoms with Crippen LogP contribution in [-0.4, -0.2) is 34.6 Å². The van der Waals surface area contributed by atoms with Crippen LogP contribution in [0.4, 0.5) is 14.5 Å². The van der Waals surface area contributed by atoms with Gasteiger partial charge in [0.05, 0.1) is 25.2 Å². The average molecular weight is 400 g/mol. The third kappa shape index (κ3) is 4.72. The standard InChI is InChI=1S/C17H18F2N2O5S/c1-10(17(22)20-16-12(18)5-4-6-13(16)19)21-27(23,24)11-7-8-14(25-2)15(9-11)26-3/h4-10,21H,1-3H3,(H,20,22)/t10-/m0/s1. The van der Waals surface area contributed by atoms with E-state index in [0.29, 0.717) is 5.75 Å². The molecule has 0 aromatic heterocycles. The molecule has 0 aliphatic carbocycles. The normalized spacial score (nSPS) is 12.3. The first-order valence-electron chi connectivity index (χ1n) is 7.69. The van der Waals surface area contributed by atoms with E-state index < -0.39 is 39.3 Å². The highest BCUT2D eigenvalue weighted by molar-refractivity contribution is 7.89. The molecule has 1 atom stereocenters. The fourth-order valence-electron chi connectivity index (χ4n) is 2.19. The first-order chi connectivity index (χ1) is 12.7. The van der Waals surface area contributed by atoms with Gasteiger partial charge in [-0.15, -0.1) is 0 Å². The lowest BCUT2D eigenvalue weighted by Crippen LogP contribution is -2.41. The Kier molecular flexibility index (Phi) is 6.34. The SMILES string of the molecule is COc1ccc(S(=O)(=O)N[C@@H](C)C(=O)Nc2c(F)cccc2F)cc1OC. The van der Waals surface area contributed by atoms with Crippen LogP contribution in [0.3, 0.4) is 0 Å². The molecule has 0 aliphatic rings. The Morgan fingerprint density at radius 2 is 1.63 bits per heavy atom. The summed E-state index contributed by atoms with van der Waals surface area (Å²) >= 11 is 0. The number of hydrogen-bond donors (Lipinski definition) is 2. The quantitative estimate of drug-likeness (QED) is 0.744. The van der Waals surface area contributed by atoms with Gasteiger partial charge in [0.2, 0.25) is 15.9 Å². The number of amides is 1. The van der Waals surface area contributed by atoms with Crippen molar-refractivity contribution in [3.05, 3.63) is 48.0 Å². The molecule has 0 bridgehead atoms. The zero-order valence-corrected chi connectivity index (χ0v) is 15.6. The molecule has 27 heavy (non-hydrogen) atoms. The van der Waals surface area contributed by atoms with Gasteiger partial charge >= 0.3 is 0 Å². The van der Waals surface area contributed by atoms with Crippen molar-refractivity contribution in [2.45, 2.75) is 17.9 Å². The molecule has 0 heterocycles. The number of methoxy groups -OCH3 is 2. The predicted octanol–water partition coefficient (Wildman–Crippen LogP) is 2.29. The lowest BCUT2D eigenvalue weighted by molar-refractivity contribution is -0.117. The van der Waals surface area contributed by atoms with Gasteiger partial charge < -0.3 is 14.8 Å². The number of carbonyl (C=O) groups excluding carboxylic acids is 1. The number of carbonyl (C=O) groups is 1. The van der Waals surface area contributed by atoms with E-state index in [9.17, 15) is 22.0 Å². The molecule has 1 amide bonds. The van der Waals surface area contributed by atoms with Crippen LogP contribution in [0.2, 0.25) is 0 Å². The van der Waals surface area contributed by atoms with E-state index in [0.717, 1.165) is 18.2 Å². The molecular formula is C17H18F2N2O5S. The van der Waals surface area contributed by atoms with E-state index in [2.05, 4.69) is 4.72 Å². The van der Waals surface area contributed by atoms with Gasteiger partial charge in [0, 0.05) is 6.07 Å². The number of benzene rings is 2. The topological polar surface area (TPSA) is 93.7 Å². The molecule has 0 radical (unpaired) electrons. The first kappa shape index (κ1) is 20.6. The van der Waals surface area contributed by atoms with E-state index in [1.54, 1.807) is 0 Å². The molecule has 0 aliphatic heterocycles. The average Bonchev–Trinajstić information content (AvgIpc) is 2.63. The second-order valence-corrected chi connectivity index (χ2v) is 7.16. The summed E-state index contributed by atoms with van der Waals surface area (Å²) in [6, 6.07) is 5.67. The van der Waals surface area contributed by atoms with Gasteiger partial charge in [-0.25, -0.2) is 17.2 Å². The van der Waals surface area contributed by atoms with E-state index in [-0.39, 0.29) is 10.6 Å². The van der Waals surface area contributed by atoms with Crippen molar-refractivity contribution < 1.29 is 31.5 Å². The molecule has 0 unspecified atom stereocenters. The summed E-state index contributed by atoms with van der Waals surface area (Å²) in [5.41, 5.74) is -0.653. The molecule has 0 saturated heterocycles. The summed E-state index contributed by atoms with van der Waals surface area (Å²) in [5, 5.41) is 2.03. The largest absolute Gasteiger partial charge is 0.493 e. The molecule has 2 rings (SSSR count). The molecule has 2 aromatic carbocycles. The highest BCUT2D eigenvalue weighted by atomic mass is 32.2. The van der Waals surface area contributed by atoms with Crippen LogP contribution in [0.15, 0.2) is 41.3 Å². The fraction of sp³-hybridized carbons (Fsp3) is 0.235. The minimum absolute atomic E-state index is 0.170. The van der Waals surface area contributed by atoms with Crippen molar-refractivity contribution in [2.24, 2.45) is 0 Å². The molecule has 10 heteroatoms. The fourth-order valence-corrected chi connectivity index (χ4v) is 3.40. The van der Waals surface area contributed by atoms with Gasteiger partial charge in [0.15, 0.2) is 11.5 Å². The summed E-state index contributed by atoms with van der Waals surface area (Å²) < 4.78 is 64.4. The Balaban J connectivity index is 2.18. The summed E-state index contributed by atoms with van der Waals surface area (Å²) in [4.78, 5) is 12.0. The maximum Gasteiger partial charge on any atom is 0.242 e. The van der Waals surface area contributed by atoms with Gasteiger partial charge in [0.1, 0.15) is 17.3 Å². The number of halogens is 2. The molecule has 7 nitrogen and oxygen atoms in total. The Morgan fingerprint density at radius 1 is 1.04 bits per heavy atom. The summed E-state index contributed by atoms with van der Waals surface area (Å²) in [7, 11) is -1.36.